The number of pyridine rings is 1. The summed E-state index contributed by atoms with van der Waals surface area (Å²) in [5.74, 6) is 4.48. The molecule has 0 saturated carbocycles. The molecule has 9 N–H and O–H groups in total. The number of fused-ring (bicyclic) bond motifs is 1. The third-order valence-corrected chi connectivity index (χ3v) is 14.6. The molecule has 5 rings (SSSR count). The van der Waals surface area contributed by atoms with E-state index in [4.69, 9.17) is 24.7 Å². The molecule has 68 heavy (non-hydrogen) atoms. The molecule has 4 heterocycles. The number of phosphoric ester groups is 1. The van der Waals surface area contributed by atoms with Crippen LogP contribution >= 0.6 is 23.5 Å². The topological polar surface area (TPSA) is 394 Å². The van der Waals surface area contributed by atoms with E-state index < -0.39 is 80.9 Å². The van der Waals surface area contributed by atoms with Crippen LogP contribution in [0.2, 0.25) is 0 Å². The monoisotopic (exact) mass is 1030 g/mol. The van der Waals surface area contributed by atoms with Gasteiger partial charge in [-0.2, -0.15) is 18.2 Å². The van der Waals surface area contributed by atoms with Crippen LogP contribution in [0.15, 0.2) is 67.7 Å². The fourth-order valence-electron chi connectivity index (χ4n) is 6.66. The fourth-order valence-corrected chi connectivity index (χ4v) is 10.2. The van der Waals surface area contributed by atoms with Gasteiger partial charge in [-0.15, -0.1) is 0 Å². The second-order valence-electron chi connectivity index (χ2n) is 14.7. The lowest BCUT2D eigenvalue weighted by Crippen LogP contribution is -2.37. The predicted molar refractivity (Wildman–Crippen MR) is 237 cm³/mol. The predicted octanol–water partition coefficient (Wildman–Crippen LogP) is 0.831. The Morgan fingerprint density at radius 2 is 1.74 bits per heavy atom. The van der Waals surface area contributed by atoms with Gasteiger partial charge in [0.1, 0.15) is 51.3 Å². The van der Waals surface area contributed by atoms with Crippen LogP contribution in [-0.4, -0.2) is 103 Å². The zero-order chi connectivity index (χ0) is 50.2. The number of nitrogens with two attached hydrogens (primary N) is 1. The van der Waals surface area contributed by atoms with Gasteiger partial charge in [0.15, 0.2) is 12.4 Å². The van der Waals surface area contributed by atoms with E-state index in [0.717, 1.165) is 25.0 Å². The number of carbonyl (C=O) groups is 1. The van der Waals surface area contributed by atoms with Crippen molar-refractivity contribution in [3.05, 3.63) is 86.5 Å². The number of hydrogen-bond donors (Lipinski definition) is 8. The van der Waals surface area contributed by atoms with Gasteiger partial charge in [-0.1, -0.05) is 11.8 Å². The first-order chi connectivity index (χ1) is 31.8. The Bertz CT molecular complexity index is 2980. The van der Waals surface area contributed by atoms with E-state index in [1.165, 1.54) is 24.4 Å². The Morgan fingerprint density at radius 3 is 2.41 bits per heavy atom. The number of aliphatic hydroxyl groups excluding tert-OH is 2. The third kappa shape index (κ3) is 15.0. The Balaban J connectivity index is 1.14. The van der Waals surface area contributed by atoms with E-state index in [2.05, 4.69) is 40.2 Å². The van der Waals surface area contributed by atoms with E-state index in [0.29, 0.717) is 40.5 Å². The molecule has 0 bridgehead atoms. The van der Waals surface area contributed by atoms with E-state index in [1.54, 1.807) is 22.8 Å². The molecule has 26 nitrogen and oxygen atoms in total. The number of phosphoric acid groups is 3. The minimum atomic E-state index is -5.85. The molecule has 1 aromatic carbocycles. The molecule has 4 aromatic rings. The molecule has 6 atom stereocenters. The Labute approximate surface area is 386 Å². The van der Waals surface area contributed by atoms with Crippen LogP contribution in [-0.2, 0) is 53.0 Å². The van der Waals surface area contributed by atoms with Crippen LogP contribution in [0, 0.1) is 11.8 Å². The van der Waals surface area contributed by atoms with E-state index >= 15 is 0 Å². The second kappa shape index (κ2) is 22.6. The maximum absolute atomic E-state index is 12.9. The number of anilines is 2. The quantitative estimate of drug-likeness (QED) is 0.0143. The molecule has 0 radical (unpaired) electrons. The number of rotatable bonds is 21. The molecule has 1 aliphatic rings. The summed E-state index contributed by atoms with van der Waals surface area (Å²) in [5.41, 5.74) is 6.13. The van der Waals surface area contributed by atoms with Crippen LogP contribution in [0.1, 0.15) is 62.6 Å². The van der Waals surface area contributed by atoms with Crippen molar-refractivity contribution in [3.8, 4) is 11.8 Å². The minimum absolute atomic E-state index is 0.0687. The molecule has 30 heteroatoms. The lowest BCUT2D eigenvalue weighted by Gasteiger charge is -2.20. The number of nitrogens with zero attached hydrogens (tertiary/aromatic N) is 4. The largest absolute Gasteiger partial charge is 0.744 e. The molecular weight excluding hydrogens is 985 g/mol. The average Bonchev–Trinajstić information content (AvgIpc) is 3.52. The van der Waals surface area contributed by atoms with Gasteiger partial charge in [0, 0.05) is 61.4 Å². The highest BCUT2D eigenvalue weighted by atomic mass is 32.2. The van der Waals surface area contributed by atoms with Crippen molar-refractivity contribution >= 4 is 74.1 Å². The van der Waals surface area contributed by atoms with Gasteiger partial charge >= 0.3 is 34.8 Å². The maximum atomic E-state index is 12.9. The number of aromatic nitrogens is 3. The highest BCUT2D eigenvalue weighted by Crippen LogP contribution is 2.66. The SMILES string of the molecule is CCN(CC)c1ccc2cc(/C=C/c3ccc(S(=O)(=O)[O-])c[n+]3CCCCCC(=O)NCC#Cc3cn([C@@H]4O[C@H](COP(=O)(O)OP(=O)(O)OP(=O)(O)O)[C@@H](O)[C@H]4O)c(=O)nc3N)c(=O)oc2c1. The third-order valence-electron chi connectivity index (χ3n) is 9.94. The van der Waals surface area contributed by atoms with Gasteiger partial charge in [-0.3, -0.25) is 13.9 Å². The maximum Gasteiger partial charge on any atom is 0.490 e. The lowest BCUT2D eigenvalue weighted by molar-refractivity contribution is -0.700. The average molecular weight is 1030 g/mol. The van der Waals surface area contributed by atoms with Gasteiger partial charge in [0.2, 0.25) is 11.6 Å². The molecule has 0 aliphatic carbocycles. The standard InChI is InChI=1S/C38H47N6O20P3S/c1-3-42(4-2)28-14-11-24-19-25(37(48)62-30(24)20-28)12-13-27-15-16-29(68(57,58)59)22-43(27)18-7-5-6-10-32(45)40-17-8-9-26-21-44(38(49)41-35(26)39)36-34(47)33(46)31(61-36)23-60-66(53,54)64-67(55,56)63-65(50,51)52/h11-16,19-22,31,33-34,36,46-47H,3-7,10,17-18,23H2,1-2H3,(H7-,39,40,41,45,49,50,51,52,53,54,55,56,57,58,59)/t31-,33-,34-,36-/m1/s1. The van der Waals surface area contributed by atoms with Crippen molar-refractivity contribution in [1.82, 2.24) is 14.9 Å². The number of amides is 1. The van der Waals surface area contributed by atoms with Gasteiger partial charge < -0.3 is 59.4 Å². The normalized spacial score (nSPS) is 19.3. The van der Waals surface area contributed by atoms with Crippen molar-refractivity contribution in [3.63, 3.8) is 0 Å². The zero-order valence-electron chi connectivity index (χ0n) is 36.0. The first-order valence-electron chi connectivity index (χ1n) is 20.2. The smallest absolute Gasteiger partial charge is 0.490 e. The van der Waals surface area contributed by atoms with E-state index in [1.807, 2.05) is 26.0 Å². The summed E-state index contributed by atoms with van der Waals surface area (Å²) >= 11 is 0. The minimum Gasteiger partial charge on any atom is -0.744 e. The number of aliphatic hydroxyl groups is 2. The zero-order valence-corrected chi connectivity index (χ0v) is 39.5. The van der Waals surface area contributed by atoms with Crippen LogP contribution in [0.4, 0.5) is 11.5 Å². The van der Waals surface area contributed by atoms with E-state index in [-0.39, 0.29) is 42.4 Å². The summed E-state index contributed by atoms with van der Waals surface area (Å²) in [4.78, 5) is 79.8. The molecular formula is C38H47N6O20P3S. The molecule has 1 aliphatic heterocycles. The lowest BCUT2D eigenvalue weighted by atomic mass is 10.1. The highest BCUT2D eigenvalue weighted by molar-refractivity contribution is 7.85. The molecule has 1 saturated heterocycles. The van der Waals surface area contributed by atoms with Gasteiger partial charge in [0.05, 0.1) is 24.3 Å². The molecule has 2 unspecified atom stereocenters. The summed E-state index contributed by atoms with van der Waals surface area (Å²) in [6.45, 7) is 4.50. The number of hydrogen-bond acceptors (Lipinski definition) is 19. The summed E-state index contributed by atoms with van der Waals surface area (Å²) in [7, 11) is -21.9. The number of nitrogen functional groups attached to an aromatic ring is 1. The molecule has 370 valence electrons. The van der Waals surface area contributed by atoms with Crippen molar-refractivity contribution in [2.24, 2.45) is 0 Å². The molecule has 1 amide bonds. The first-order valence-corrected chi connectivity index (χ1v) is 26.2. The molecule has 0 spiro atoms. The van der Waals surface area contributed by atoms with Crippen LogP contribution in [0.25, 0.3) is 23.1 Å². The van der Waals surface area contributed by atoms with Crippen molar-refractivity contribution in [1.29, 1.82) is 0 Å². The number of ether oxygens (including phenoxy) is 1. The van der Waals surface area contributed by atoms with Crippen LogP contribution in [0.3, 0.4) is 0 Å². The van der Waals surface area contributed by atoms with Gasteiger partial charge in [0.25, 0.3) is 0 Å². The number of unbranched alkanes of at least 4 members (excludes halogenated alkanes) is 2. The van der Waals surface area contributed by atoms with Gasteiger partial charge in [-0.05, 0) is 57.0 Å². The number of benzene rings is 1. The fraction of sp³-hybridized carbons (Fsp3) is 0.395. The Morgan fingerprint density at radius 1 is 1.01 bits per heavy atom. The van der Waals surface area contributed by atoms with Gasteiger partial charge in [-0.25, -0.2) is 31.7 Å². The second-order valence-corrected chi connectivity index (χ2v) is 20.5. The summed E-state index contributed by atoms with van der Waals surface area (Å²) in [6, 6.07) is 9.87. The summed E-state index contributed by atoms with van der Waals surface area (Å²) < 4.78 is 94.9. The van der Waals surface area contributed by atoms with Crippen molar-refractivity contribution in [2.75, 3.05) is 36.9 Å². The van der Waals surface area contributed by atoms with Crippen LogP contribution in [0.5, 0.6) is 0 Å². The number of carbonyl (C=O) groups excluding carboxylic acids is 1. The Hall–Kier alpha value is -4.97. The van der Waals surface area contributed by atoms with Crippen molar-refractivity contribution < 1.29 is 88.1 Å². The Kier molecular flexibility index (Phi) is 18.0. The van der Waals surface area contributed by atoms with Crippen molar-refractivity contribution in [2.45, 2.75) is 75.5 Å². The van der Waals surface area contributed by atoms with E-state index in [9.17, 15) is 61.0 Å². The summed E-state index contributed by atoms with van der Waals surface area (Å²) in [5, 5.41) is 24.3. The highest BCUT2D eigenvalue weighted by Gasteiger charge is 2.47. The molecule has 3 aromatic heterocycles. The van der Waals surface area contributed by atoms with Crippen LogP contribution < -0.4 is 31.8 Å². The molecule has 1 fully saturated rings. The first kappa shape index (κ1) is 54.0. The number of nitrogens with one attached hydrogen (secondary N) is 1. The number of aryl methyl sites for hydroxylation is 1. The summed E-state index contributed by atoms with van der Waals surface area (Å²) in [6.07, 6.45) is -0.502.